The first-order valence-electron chi connectivity index (χ1n) is 4.53. The summed E-state index contributed by atoms with van der Waals surface area (Å²) in [5, 5.41) is 11.7. The average Bonchev–Trinajstić information content (AvgIpc) is 2.53. The molecule has 1 rings (SSSR count). The van der Waals surface area contributed by atoms with Gasteiger partial charge in [0.2, 0.25) is 0 Å². The van der Waals surface area contributed by atoms with E-state index in [-0.39, 0.29) is 6.10 Å². The van der Waals surface area contributed by atoms with E-state index in [1.165, 1.54) is 4.88 Å². The van der Waals surface area contributed by atoms with Gasteiger partial charge in [0.15, 0.2) is 0 Å². The molecular formula is C10H17NOS. The molecule has 3 heteroatoms. The lowest BCUT2D eigenvalue weighted by molar-refractivity contribution is 0.153. The molecule has 1 unspecified atom stereocenters. The summed E-state index contributed by atoms with van der Waals surface area (Å²) in [5.74, 6) is 0. The monoisotopic (exact) mass is 199 g/mol. The van der Waals surface area contributed by atoms with Crippen LogP contribution in [0.15, 0.2) is 17.5 Å². The maximum absolute atomic E-state index is 9.65. The predicted octanol–water partition coefficient (Wildman–Crippen LogP) is 1.60. The van der Waals surface area contributed by atoms with Crippen molar-refractivity contribution in [2.75, 3.05) is 20.6 Å². The molecule has 0 fully saturated rings. The fourth-order valence-electron chi connectivity index (χ4n) is 1.17. The molecule has 0 bridgehead atoms. The lowest BCUT2D eigenvalue weighted by Crippen LogP contribution is -2.20. The normalized spacial score (nSPS) is 13.5. The Bertz CT molecular complexity index is 221. The third kappa shape index (κ3) is 4.41. The van der Waals surface area contributed by atoms with Gasteiger partial charge < -0.3 is 10.0 Å². The van der Waals surface area contributed by atoms with Gasteiger partial charge in [-0.05, 0) is 38.5 Å². The zero-order valence-electron chi connectivity index (χ0n) is 8.23. The number of nitrogens with zero attached hydrogens (tertiary/aromatic N) is 1. The molecule has 0 aliphatic heterocycles. The topological polar surface area (TPSA) is 23.5 Å². The van der Waals surface area contributed by atoms with E-state index >= 15 is 0 Å². The molecule has 1 aromatic heterocycles. The van der Waals surface area contributed by atoms with Crippen LogP contribution in [0.1, 0.15) is 11.3 Å². The molecule has 0 aromatic carbocycles. The highest BCUT2D eigenvalue weighted by Crippen LogP contribution is 2.12. The van der Waals surface area contributed by atoms with Gasteiger partial charge in [-0.3, -0.25) is 0 Å². The van der Waals surface area contributed by atoms with Crippen molar-refractivity contribution in [2.45, 2.75) is 18.9 Å². The van der Waals surface area contributed by atoms with Crippen LogP contribution in [0, 0.1) is 0 Å². The van der Waals surface area contributed by atoms with Crippen LogP contribution < -0.4 is 0 Å². The zero-order chi connectivity index (χ0) is 9.68. The van der Waals surface area contributed by atoms with Crippen molar-refractivity contribution in [1.82, 2.24) is 4.90 Å². The van der Waals surface area contributed by atoms with Crippen LogP contribution in [0.4, 0.5) is 0 Å². The van der Waals surface area contributed by atoms with Crippen LogP contribution >= 0.6 is 11.3 Å². The Kier molecular flexibility index (Phi) is 4.42. The van der Waals surface area contributed by atoms with E-state index in [0.29, 0.717) is 0 Å². The highest BCUT2D eigenvalue weighted by Gasteiger charge is 2.06. The van der Waals surface area contributed by atoms with Gasteiger partial charge in [0.25, 0.3) is 0 Å². The van der Waals surface area contributed by atoms with Crippen LogP contribution in [-0.4, -0.2) is 36.8 Å². The summed E-state index contributed by atoms with van der Waals surface area (Å²) in [6, 6.07) is 4.10. The number of rotatable bonds is 5. The molecule has 0 aliphatic carbocycles. The minimum absolute atomic E-state index is 0.193. The number of aliphatic hydroxyl groups excluding tert-OH is 1. The maximum atomic E-state index is 9.65. The van der Waals surface area contributed by atoms with Crippen LogP contribution in [0.5, 0.6) is 0 Å². The average molecular weight is 199 g/mol. The highest BCUT2D eigenvalue weighted by molar-refractivity contribution is 7.09. The molecule has 0 saturated heterocycles. The minimum Gasteiger partial charge on any atom is -0.393 e. The number of hydrogen-bond acceptors (Lipinski definition) is 3. The smallest absolute Gasteiger partial charge is 0.0600 e. The molecule has 0 spiro atoms. The van der Waals surface area contributed by atoms with Crippen molar-refractivity contribution in [1.29, 1.82) is 0 Å². The number of hydrogen-bond donors (Lipinski definition) is 1. The van der Waals surface area contributed by atoms with Gasteiger partial charge in [-0.25, -0.2) is 0 Å². The van der Waals surface area contributed by atoms with Gasteiger partial charge in [-0.2, -0.15) is 0 Å². The Morgan fingerprint density at radius 3 is 2.85 bits per heavy atom. The predicted molar refractivity (Wildman–Crippen MR) is 57.2 cm³/mol. The minimum atomic E-state index is -0.193. The Hall–Kier alpha value is -0.380. The third-order valence-corrected chi connectivity index (χ3v) is 2.83. The molecule has 1 heterocycles. The van der Waals surface area contributed by atoms with Crippen LogP contribution in [0.2, 0.25) is 0 Å². The Morgan fingerprint density at radius 1 is 1.54 bits per heavy atom. The molecule has 0 saturated carbocycles. The molecule has 74 valence electrons. The summed E-state index contributed by atoms with van der Waals surface area (Å²) < 4.78 is 0. The van der Waals surface area contributed by atoms with Crippen LogP contribution in [0.3, 0.4) is 0 Å². The number of thiophene rings is 1. The quantitative estimate of drug-likeness (QED) is 0.778. The molecule has 13 heavy (non-hydrogen) atoms. The Labute approximate surface area is 83.8 Å². The highest BCUT2D eigenvalue weighted by atomic mass is 32.1. The van der Waals surface area contributed by atoms with Gasteiger partial charge in [-0.15, -0.1) is 11.3 Å². The molecule has 0 amide bonds. The fourth-order valence-corrected chi connectivity index (χ4v) is 1.95. The third-order valence-electron chi connectivity index (χ3n) is 1.93. The first-order chi connectivity index (χ1) is 6.18. The first-order valence-corrected chi connectivity index (χ1v) is 5.41. The van der Waals surface area contributed by atoms with E-state index < -0.39 is 0 Å². The van der Waals surface area contributed by atoms with E-state index in [1.54, 1.807) is 11.3 Å². The number of aliphatic hydroxyl groups is 1. The Morgan fingerprint density at radius 2 is 2.31 bits per heavy atom. The Balaban J connectivity index is 2.22. The molecular weight excluding hydrogens is 182 g/mol. The molecule has 1 atom stereocenters. The van der Waals surface area contributed by atoms with E-state index in [2.05, 4.69) is 11.0 Å². The lowest BCUT2D eigenvalue weighted by Gasteiger charge is -2.13. The van der Waals surface area contributed by atoms with Crippen molar-refractivity contribution in [3.63, 3.8) is 0 Å². The van der Waals surface area contributed by atoms with Crippen molar-refractivity contribution in [3.8, 4) is 0 Å². The van der Waals surface area contributed by atoms with Gasteiger partial charge in [-0.1, -0.05) is 6.07 Å². The molecule has 0 radical (unpaired) electrons. The SMILES string of the molecule is CN(C)CCC(O)Cc1cccs1. The standard InChI is InChI=1S/C10H17NOS/c1-11(2)6-5-9(12)8-10-4-3-7-13-10/h3-4,7,9,12H,5-6,8H2,1-2H3. The van der Waals surface area contributed by atoms with Gasteiger partial charge in [0.1, 0.15) is 0 Å². The van der Waals surface area contributed by atoms with Crippen molar-refractivity contribution in [3.05, 3.63) is 22.4 Å². The largest absolute Gasteiger partial charge is 0.393 e. The summed E-state index contributed by atoms with van der Waals surface area (Å²) in [4.78, 5) is 3.36. The second-order valence-electron chi connectivity index (χ2n) is 3.53. The first kappa shape index (κ1) is 10.7. The van der Waals surface area contributed by atoms with Gasteiger partial charge in [0.05, 0.1) is 6.10 Å². The summed E-state index contributed by atoms with van der Waals surface area (Å²) in [6.45, 7) is 0.951. The fraction of sp³-hybridized carbons (Fsp3) is 0.600. The molecule has 0 aliphatic rings. The second-order valence-corrected chi connectivity index (χ2v) is 4.56. The summed E-state index contributed by atoms with van der Waals surface area (Å²) in [6.07, 6.45) is 1.46. The summed E-state index contributed by atoms with van der Waals surface area (Å²) in [7, 11) is 4.05. The van der Waals surface area contributed by atoms with E-state index in [1.807, 2.05) is 25.5 Å². The van der Waals surface area contributed by atoms with Gasteiger partial charge >= 0.3 is 0 Å². The summed E-state index contributed by atoms with van der Waals surface area (Å²) >= 11 is 1.71. The van der Waals surface area contributed by atoms with Crippen LogP contribution in [0.25, 0.3) is 0 Å². The summed E-state index contributed by atoms with van der Waals surface area (Å²) in [5.41, 5.74) is 0. The van der Waals surface area contributed by atoms with E-state index in [0.717, 1.165) is 19.4 Å². The van der Waals surface area contributed by atoms with Gasteiger partial charge in [0, 0.05) is 11.3 Å². The van der Waals surface area contributed by atoms with Crippen molar-refractivity contribution >= 4 is 11.3 Å². The van der Waals surface area contributed by atoms with Crippen LogP contribution in [-0.2, 0) is 6.42 Å². The maximum Gasteiger partial charge on any atom is 0.0600 e. The van der Waals surface area contributed by atoms with E-state index in [9.17, 15) is 5.11 Å². The van der Waals surface area contributed by atoms with E-state index in [4.69, 9.17) is 0 Å². The second kappa shape index (κ2) is 5.37. The molecule has 1 aromatic rings. The van der Waals surface area contributed by atoms with Crippen molar-refractivity contribution < 1.29 is 5.11 Å². The molecule has 1 N–H and O–H groups in total. The lowest BCUT2D eigenvalue weighted by atomic mass is 10.1. The zero-order valence-corrected chi connectivity index (χ0v) is 9.05. The molecule has 2 nitrogen and oxygen atoms in total. The van der Waals surface area contributed by atoms with Crippen molar-refractivity contribution in [2.24, 2.45) is 0 Å².